The van der Waals surface area contributed by atoms with Gasteiger partial charge in [-0.05, 0) is 29.8 Å². The number of imidazole rings is 1. The fourth-order valence-corrected chi connectivity index (χ4v) is 2.98. The molecule has 4 aromatic rings. The van der Waals surface area contributed by atoms with Crippen molar-refractivity contribution in [3.63, 3.8) is 0 Å². The average molecular weight is 432 g/mol. The minimum absolute atomic E-state index is 0.242. The zero-order valence-corrected chi connectivity index (χ0v) is 18.4. The number of nitrogens with one attached hydrogen (secondary N) is 1. The lowest BCUT2D eigenvalue weighted by Crippen LogP contribution is -2.23. The molecule has 3 aromatic heterocycles. The Morgan fingerprint density at radius 2 is 1.94 bits per heavy atom. The summed E-state index contributed by atoms with van der Waals surface area (Å²) in [5, 5.41) is 6.95. The van der Waals surface area contributed by atoms with Crippen LogP contribution in [-0.2, 0) is 12.0 Å². The molecule has 0 saturated heterocycles. The number of carbonyl (C=O) groups excluding carboxylic acids is 1. The topological polar surface area (TPSA) is 108 Å². The van der Waals surface area contributed by atoms with Gasteiger partial charge in [0.1, 0.15) is 17.8 Å². The molecule has 9 heteroatoms. The summed E-state index contributed by atoms with van der Waals surface area (Å²) in [6, 6.07) is 11.1. The molecule has 0 spiro atoms. The fourth-order valence-electron chi connectivity index (χ4n) is 2.98. The fraction of sp³-hybridized carbons (Fsp3) is 0.261. The van der Waals surface area contributed by atoms with Crippen LogP contribution in [-0.4, -0.2) is 37.7 Å². The van der Waals surface area contributed by atoms with Gasteiger partial charge < -0.3 is 14.6 Å². The molecule has 0 unspecified atom stereocenters. The number of aromatic nitrogens is 5. The minimum atomic E-state index is -0.287. The van der Waals surface area contributed by atoms with Crippen LogP contribution in [0.1, 0.15) is 42.6 Å². The first-order valence-corrected chi connectivity index (χ1v) is 10.1. The maximum absolute atomic E-state index is 12.6. The molecule has 0 bridgehead atoms. The van der Waals surface area contributed by atoms with Gasteiger partial charge in [0.15, 0.2) is 11.6 Å². The van der Waals surface area contributed by atoms with E-state index < -0.39 is 0 Å². The highest BCUT2D eigenvalue weighted by Crippen LogP contribution is 2.27. The normalized spacial score (nSPS) is 11.4. The standard InChI is InChI=1S/C23H24N6O3/c1-23(2,3)22-27-21(32-28-22)17-6-5-11-24-19(17)29-13-18(26-14-29)20(30)25-12-15-7-9-16(31-4)10-8-15/h5-11,13-14H,12H2,1-4H3,(H,25,30). The summed E-state index contributed by atoms with van der Waals surface area (Å²) in [6.07, 6.45) is 4.81. The molecule has 0 saturated carbocycles. The van der Waals surface area contributed by atoms with Gasteiger partial charge in [-0.2, -0.15) is 4.98 Å². The Hall–Kier alpha value is -4.01. The maximum Gasteiger partial charge on any atom is 0.271 e. The van der Waals surface area contributed by atoms with Gasteiger partial charge in [-0.15, -0.1) is 0 Å². The number of hydrogen-bond acceptors (Lipinski definition) is 7. The number of benzene rings is 1. The van der Waals surface area contributed by atoms with E-state index in [9.17, 15) is 4.79 Å². The second-order valence-corrected chi connectivity index (χ2v) is 8.24. The van der Waals surface area contributed by atoms with E-state index in [-0.39, 0.29) is 17.0 Å². The number of ether oxygens (including phenoxy) is 1. The second kappa shape index (κ2) is 8.62. The molecule has 4 rings (SSSR count). The first kappa shape index (κ1) is 21.2. The summed E-state index contributed by atoms with van der Waals surface area (Å²) in [4.78, 5) is 25.8. The third-order valence-electron chi connectivity index (χ3n) is 4.79. The highest BCUT2D eigenvalue weighted by Gasteiger charge is 2.23. The van der Waals surface area contributed by atoms with Crippen LogP contribution in [0, 0.1) is 0 Å². The lowest BCUT2D eigenvalue weighted by Gasteiger charge is -2.11. The smallest absolute Gasteiger partial charge is 0.271 e. The predicted octanol–water partition coefficient (Wildman–Crippen LogP) is 3.55. The van der Waals surface area contributed by atoms with E-state index in [1.807, 2.05) is 51.1 Å². The Morgan fingerprint density at radius 1 is 1.16 bits per heavy atom. The van der Waals surface area contributed by atoms with Crippen molar-refractivity contribution in [2.24, 2.45) is 0 Å². The van der Waals surface area contributed by atoms with Gasteiger partial charge in [0, 0.05) is 24.4 Å². The molecule has 0 fully saturated rings. The molecule has 1 N–H and O–H groups in total. The van der Waals surface area contributed by atoms with Crippen LogP contribution in [0.4, 0.5) is 0 Å². The molecule has 0 aliphatic carbocycles. The number of amides is 1. The quantitative estimate of drug-likeness (QED) is 0.496. The Morgan fingerprint density at radius 3 is 2.62 bits per heavy atom. The third kappa shape index (κ3) is 4.51. The van der Waals surface area contributed by atoms with Crippen LogP contribution >= 0.6 is 0 Å². The molecule has 3 heterocycles. The molecule has 164 valence electrons. The highest BCUT2D eigenvalue weighted by molar-refractivity contribution is 5.92. The molecular formula is C23H24N6O3. The van der Waals surface area contributed by atoms with Gasteiger partial charge >= 0.3 is 0 Å². The number of nitrogens with zero attached hydrogens (tertiary/aromatic N) is 5. The van der Waals surface area contributed by atoms with E-state index in [4.69, 9.17) is 9.26 Å². The van der Waals surface area contributed by atoms with Gasteiger partial charge in [-0.3, -0.25) is 9.36 Å². The van der Waals surface area contributed by atoms with Gasteiger partial charge in [-0.25, -0.2) is 9.97 Å². The van der Waals surface area contributed by atoms with Crippen LogP contribution in [0.15, 0.2) is 59.6 Å². The molecule has 0 aliphatic heterocycles. The van der Waals surface area contributed by atoms with Crippen LogP contribution in [0.3, 0.4) is 0 Å². The first-order chi connectivity index (χ1) is 15.3. The van der Waals surface area contributed by atoms with E-state index >= 15 is 0 Å². The van der Waals surface area contributed by atoms with Crippen molar-refractivity contribution in [1.29, 1.82) is 0 Å². The van der Waals surface area contributed by atoms with Crippen molar-refractivity contribution in [3.05, 3.63) is 72.2 Å². The molecule has 0 radical (unpaired) electrons. The van der Waals surface area contributed by atoms with E-state index in [0.717, 1.165) is 11.3 Å². The van der Waals surface area contributed by atoms with E-state index in [1.54, 1.807) is 30.1 Å². The summed E-state index contributed by atoms with van der Waals surface area (Å²) in [7, 11) is 1.61. The van der Waals surface area contributed by atoms with Gasteiger partial charge in [0.2, 0.25) is 0 Å². The molecule has 1 aromatic carbocycles. The van der Waals surface area contributed by atoms with E-state index in [1.165, 1.54) is 6.33 Å². The number of hydrogen-bond donors (Lipinski definition) is 1. The van der Waals surface area contributed by atoms with Gasteiger partial charge in [0.25, 0.3) is 11.8 Å². The second-order valence-electron chi connectivity index (χ2n) is 8.24. The van der Waals surface area contributed by atoms with Crippen LogP contribution in [0.5, 0.6) is 5.75 Å². The van der Waals surface area contributed by atoms with Crippen molar-refractivity contribution in [1.82, 2.24) is 30.0 Å². The summed E-state index contributed by atoms with van der Waals surface area (Å²) < 4.78 is 12.3. The number of methoxy groups -OCH3 is 1. The average Bonchev–Trinajstić information content (AvgIpc) is 3.48. The lowest BCUT2D eigenvalue weighted by atomic mass is 9.96. The Kier molecular flexibility index (Phi) is 5.72. The summed E-state index contributed by atoms with van der Waals surface area (Å²) in [6.45, 7) is 6.41. The van der Waals surface area contributed by atoms with Gasteiger partial charge in [-0.1, -0.05) is 38.1 Å². The van der Waals surface area contributed by atoms with Crippen LogP contribution in [0.2, 0.25) is 0 Å². The van der Waals surface area contributed by atoms with Gasteiger partial charge in [0.05, 0.1) is 12.7 Å². The molecule has 0 atom stereocenters. The monoisotopic (exact) mass is 432 g/mol. The summed E-state index contributed by atoms with van der Waals surface area (Å²) >= 11 is 0. The Balaban J connectivity index is 1.52. The molecule has 32 heavy (non-hydrogen) atoms. The van der Waals surface area contributed by atoms with Crippen molar-refractivity contribution in [2.75, 3.05) is 7.11 Å². The molecule has 0 aliphatic rings. The third-order valence-corrected chi connectivity index (χ3v) is 4.79. The lowest BCUT2D eigenvalue weighted by molar-refractivity contribution is 0.0946. The van der Waals surface area contributed by atoms with Crippen molar-refractivity contribution in [3.8, 4) is 23.0 Å². The van der Waals surface area contributed by atoms with Crippen molar-refractivity contribution < 1.29 is 14.1 Å². The van der Waals surface area contributed by atoms with E-state index in [2.05, 4.69) is 25.4 Å². The summed E-state index contributed by atoms with van der Waals surface area (Å²) in [5.74, 6) is 1.98. The van der Waals surface area contributed by atoms with E-state index in [0.29, 0.717) is 29.6 Å². The zero-order valence-electron chi connectivity index (χ0n) is 18.4. The maximum atomic E-state index is 12.6. The molecule has 1 amide bonds. The number of carbonyl (C=O) groups is 1. The zero-order chi connectivity index (χ0) is 22.7. The number of rotatable bonds is 6. The number of pyridine rings is 1. The van der Waals surface area contributed by atoms with Crippen molar-refractivity contribution in [2.45, 2.75) is 32.7 Å². The van der Waals surface area contributed by atoms with Crippen LogP contribution in [0.25, 0.3) is 17.3 Å². The Bertz CT molecular complexity index is 1220. The van der Waals surface area contributed by atoms with Crippen molar-refractivity contribution >= 4 is 5.91 Å². The Labute approximate surface area is 185 Å². The predicted molar refractivity (Wildman–Crippen MR) is 118 cm³/mol. The largest absolute Gasteiger partial charge is 0.497 e. The highest BCUT2D eigenvalue weighted by atomic mass is 16.5. The SMILES string of the molecule is COc1ccc(CNC(=O)c2cn(-c3ncccc3-c3nc(C(C)(C)C)no3)cn2)cc1. The minimum Gasteiger partial charge on any atom is -0.497 e. The summed E-state index contributed by atoms with van der Waals surface area (Å²) in [5.41, 5.74) is 1.64. The van der Waals surface area contributed by atoms with Crippen LogP contribution < -0.4 is 10.1 Å². The molecular weight excluding hydrogens is 408 g/mol. The molecule has 9 nitrogen and oxygen atoms in total. The first-order valence-electron chi connectivity index (χ1n) is 10.1.